The maximum absolute atomic E-state index is 8.91. The van der Waals surface area contributed by atoms with Gasteiger partial charge in [-0.05, 0) is 120 Å². The zero-order valence-corrected chi connectivity index (χ0v) is 40.0. The predicted molar refractivity (Wildman–Crippen MR) is 273 cm³/mol. The Hall–Kier alpha value is -6.33. The molecule has 3 aliphatic rings. The van der Waals surface area contributed by atoms with Gasteiger partial charge in [0, 0.05) is 40.2 Å². The van der Waals surface area contributed by atoms with E-state index in [0.717, 1.165) is 50.1 Å². The smallest absolute Gasteiger partial charge is 0.137 e. The zero-order valence-electron chi connectivity index (χ0n) is 43.0. The summed E-state index contributed by atoms with van der Waals surface area (Å²) >= 11 is 0. The summed E-state index contributed by atoms with van der Waals surface area (Å²) in [7, 11) is 0. The average molecular weight is 858 g/mol. The van der Waals surface area contributed by atoms with Crippen molar-refractivity contribution >= 4 is 38.9 Å². The maximum Gasteiger partial charge on any atom is 0.137 e. The summed E-state index contributed by atoms with van der Waals surface area (Å²) in [4.78, 5) is 8.61. The SMILES string of the molecule is [2H]C([2H])([2H])N1CN2c3cc(Oc4ccc5c6ccccc6n(-c6ccccn6)c5c4)ccc3C3(c4cccc1c42)c1c(cc(C(C)(C)C)cc1C(C)(C)C)-c1cc(C(C)(C)C)cc(C(C)(C)C)c13. The molecule has 0 amide bonds. The Labute approximate surface area is 389 Å². The van der Waals surface area contributed by atoms with Gasteiger partial charge in [-0.2, -0.15) is 0 Å². The van der Waals surface area contributed by atoms with Crippen molar-refractivity contribution in [1.82, 2.24) is 9.55 Å². The van der Waals surface area contributed by atoms with Crippen molar-refractivity contribution < 1.29 is 8.85 Å². The number of para-hydroxylation sites is 2. The molecule has 0 fully saturated rings. The number of aromatic nitrogens is 2. The molecule has 8 aromatic rings. The van der Waals surface area contributed by atoms with Crippen LogP contribution in [-0.2, 0) is 27.1 Å². The molecule has 5 nitrogen and oxygen atoms in total. The minimum absolute atomic E-state index is 0.115. The van der Waals surface area contributed by atoms with E-state index in [2.05, 4.69) is 184 Å². The van der Waals surface area contributed by atoms with Gasteiger partial charge in [0.25, 0.3) is 0 Å². The Bertz CT molecular complexity index is 3310. The molecule has 65 heavy (non-hydrogen) atoms. The molecule has 1 spiro atoms. The van der Waals surface area contributed by atoms with Crippen LogP contribution in [0.4, 0.5) is 17.1 Å². The molecule has 0 bridgehead atoms. The van der Waals surface area contributed by atoms with Gasteiger partial charge >= 0.3 is 0 Å². The first kappa shape index (κ1) is 38.0. The first-order chi connectivity index (χ1) is 31.9. The first-order valence-electron chi connectivity index (χ1n) is 24.7. The number of fused-ring (bicyclic) bond motifs is 12. The van der Waals surface area contributed by atoms with E-state index in [4.69, 9.17) is 13.8 Å². The number of nitrogens with zero attached hydrogens (tertiary/aromatic N) is 4. The van der Waals surface area contributed by atoms with Crippen LogP contribution in [-0.4, -0.2) is 23.2 Å². The lowest BCUT2D eigenvalue weighted by molar-refractivity contribution is 0.482. The summed E-state index contributed by atoms with van der Waals surface area (Å²) in [5.74, 6) is 2.20. The van der Waals surface area contributed by atoms with Crippen LogP contribution in [0.5, 0.6) is 11.5 Å². The second-order valence-electron chi connectivity index (χ2n) is 22.8. The largest absolute Gasteiger partial charge is 0.457 e. The molecule has 0 atom stereocenters. The van der Waals surface area contributed by atoms with Crippen LogP contribution in [0.2, 0.25) is 0 Å². The lowest BCUT2D eigenvalue weighted by Crippen LogP contribution is -2.40. The van der Waals surface area contributed by atoms with Gasteiger partial charge in [0.05, 0.1) is 40.2 Å². The van der Waals surface area contributed by atoms with E-state index in [0.29, 0.717) is 17.2 Å². The van der Waals surface area contributed by atoms with Crippen molar-refractivity contribution in [2.75, 3.05) is 23.4 Å². The van der Waals surface area contributed by atoms with Crippen molar-refractivity contribution in [2.45, 2.75) is 110 Å². The minimum Gasteiger partial charge on any atom is -0.457 e. The van der Waals surface area contributed by atoms with E-state index in [1.165, 1.54) is 44.5 Å². The molecular weight excluding hydrogens is 793 g/mol. The number of anilines is 3. The lowest BCUT2D eigenvalue weighted by atomic mass is 9.59. The fourth-order valence-electron chi connectivity index (χ4n) is 11.2. The van der Waals surface area contributed by atoms with Gasteiger partial charge in [-0.1, -0.05) is 150 Å². The van der Waals surface area contributed by atoms with E-state index in [9.17, 15) is 0 Å². The third-order valence-corrected chi connectivity index (χ3v) is 14.4. The van der Waals surface area contributed by atoms with Crippen LogP contribution >= 0.6 is 0 Å². The van der Waals surface area contributed by atoms with Gasteiger partial charge in [0.15, 0.2) is 0 Å². The molecule has 1 aliphatic carbocycles. The highest BCUT2D eigenvalue weighted by atomic mass is 16.5. The van der Waals surface area contributed by atoms with Gasteiger partial charge in [-0.25, -0.2) is 4.98 Å². The van der Waals surface area contributed by atoms with Crippen LogP contribution in [0.3, 0.4) is 0 Å². The van der Waals surface area contributed by atoms with Gasteiger partial charge in [0.1, 0.15) is 17.3 Å². The molecule has 4 heterocycles. The second-order valence-corrected chi connectivity index (χ2v) is 22.8. The standard InChI is InChI=1S/C60H62N4O/c1-56(2,3)36-29-42-43-30-37(57(4,5)6)32-47(59(10,11)12)54(43)60(53(42)46(31-36)58(7,8)9)44-27-25-39(34-51(44)63-35-62(13)49-22-18-20-45(60)55(49)63)65-38-24-26-41-40-19-14-15-21-48(40)64(50(41)33-38)52-23-16-17-28-61-52/h14-34H,35H2,1-13H3/i13D3. The number of rotatable bonds is 3. The van der Waals surface area contributed by atoms with Crippen LogP contribution in [0.15, 0.2) is 128 Å². The molecule has 5 heteroatoms. The molecule has 0 unspecified atom stereocenters. The van der Waals surface area contributed by atoms with Crippen LogP contribution in [0.1, 0.15) is 132 Å². The van der Waals surface area contributed by atoms with Crippen LogP contribution in [0.25, 0.3) is 38.8 Å². The number of pyridine rings is 1. The number of ether oxygens (including phenoxy) is 1. The van der Waals surface area contributed by atoms with Crippen LogP contribution in [0, 0.1) is 0 Å². The molecule has 0 saturated heterocycles. The normalized spacial score (nSPS) is 16.0. The van der Waals surface area contributed by atoms with Gasteiger partial charge in [-0.15, -0.1) is 0 Å². The monoisotopic (exact) mass is 858 g/mol. The third kappa shape index (κ3) is 5.99. The van der Waals surface area contributed by atoms with Crippen molar-refractivity contribution in [1.29, 1.82) is 0 Å². The quantitative estimate of drug-likeness (QED) is 0.177. The van der Waals surface area contributed by atoms with Crippen molar-refractivity contribution in [3.05, 3.63) is 172 Å². The van der Waals surface area contributed by atoms with E-state index in [1.54, 1.807) is 4.90 Å². The van der Waals surface area contributed by atoms with Crippen molar-refractivity contribution in [2.24, 2.45) is 0 Å². The van der Waals surface area contributed by atoms with Crippen molar-refractivity contribution in [3.8, 4) is 28.4 Å². The highest BCUT2D eigenvalue weighted by molar-refractivity contribution is 6.09. The summed E-state index contributed by atoms with van der Waals surface area (Å²) in [6, 6.07) is 43.6. The van der Waals surface area contributed by atoms with E-state index < -0.39 is 12.4 Å². The topological polar surface area (TPSA) is 33.5 Å². The van der Waals surface area contributed by atoms with Crippen LogP contribution < -0.4 is 14.5 Å². The molecule has 0 N–H and O–H groups in total. The van der Waals surface area contributed by atoms with Gasteiger partial charge < -0.3 is 14.5 Å². The Morgan fingerprint density at radius 3 is 1.78 bits per heavy atom. The number of hydrogen-bond donors (Lipinski definition) is 0. The molecule has 0 radical (unpaired) electrons. The predicted octanol–water partition coefficient (Wildman–Crippen LogP) is 15.4. The molecular formula is C60H62N4O. The summed E-state index contributed by atoms with van der Waals surface area (Å²) in [6.07, 6.45) is 1.83. The Kier molecular flexibility index (Phi) is 7.95. The Balaban J connectivity index is 1.23. The third-order valence-electron chi connectivity index (χ3n) is 14.4. The van der Waals surface area contributed by atoms with E-state index in [1.807, 2.05) is 36.5 Å². The molecule has 2 aromatic heterocycles. The fraction of sp³-hybridized carbons (Fsp3) is 0.317. The number of benzene rings is 6. The lowest BCUT2D eigenvalue weighted by Gasteiger charge is -2.46. The summed E-state index contributed by atoms with van der Waals surface area (Å²) < 4.78 is 35.9. The summed E-state index contributed by atoms with van der Waals surface area (Å²) in [6.45, 7) is 25.8. The van der Waals surface area contributed by atoms with Crippen molar-refractivity contribution in [3.63, 3.8) is 0 Å². The highest BCUT2D eigenvalue weighted by Crippen LogP contribution is 2.68. The van der Waals surface area contributed by atoms with E-state index >= 15 is 0 Å². The summed E-state index contributed by atoms with van der Waals surface area (Å²) in [5.41, 5.74) is 15.6. The molecule has 2 aliphatic heterocycles. The van der Waals surface area contributed by atoms with E-state index in [-0.39, 0.29) is 28.3 Å². The van der Waals surface area contributed by atoms with Gasteiger partial charge in [-0.3, -0.25) is 4.57 Å². The molecule has 328 valence electrons. The average Bonchev–Trinajstić information content (AvgIpc) is 3.92. The zero-order chi connectivity index (χ0) is 48.2. The second kappa shape index (κ2) is 13.6. The minimum atomic E-state index is -2.38. The maximum atomic E-state index is 8.91. The first-order valence-corrected chi connectivity index (χ1v) is 23.2. The summed E-state index contributed by atoms with van der Waals surface area (Å²) in [5, 5.41) is 2.26. The molecule has 0 saturated carbocycles. The Morgan fingerprint density at radius 2 is 1.17 bits per heavy atom. The molecule has 11 rings (SSSR count). The Morgan fingerprint density at radius 1 is 0.554 bits per heavy atom. The highest BCUT2D eigenvalue weighted by Gasteiger charge is 2.57. The van der Waals surface area contributed by atoms with Gasteiger partial charge in [0.2, 0.25) is 0 Å². The molecule has 6 aromatic carbocycles. The fourth-order valence-corrected chi connectivity index (χ4v) is 11.2. The number of hydrogen-bond acceptors (Lipinski definition) is 4.